The largest absolute Gasteiger partial charge is 0.473 e. The van der Waals surface area contributed by atoms with Crippen LogP contribution in [-0.4, -0.2) is 76.9 Å². The molecule has 0 spiro atoms. The van der Waals surface area contributed by atoms with Gasteiger partial charge in [0.1, 0.15) is 24.5 Å². The van der Waals surface area contributed by atoms with E-state index in [2.05, 4.69) is 14.8 Å². The average Bonchev–Trinajstić information content (AvgIpc) is 3.48. The van der Waals surface area contributed by atoms with Crippen LogP contribution < -0.4 is 20.1 Å². The number of piperazine rings is 1. The van der Waals surface area contributed by atoms with Crippen LogP contribution in [0.1, 0.15) is 44.7 Å². The predicted octanol–water partition coefficient (Wildman–Crippen LogP) is 6.91. The topological polar surface area (TPSA) is 103 Å². The molecular weight excluding hydrogens is 658 g/mol. The van der Waals surface area contributed by atoms with Gasteiger partial charge in [0.15, 0.2) is 5.58 Å². The molecule has 1 amide bonds. The molecule has 2 aliphatic heterocycles. The van der Waals surface area contributed by atoms with Gasteiger partial charge in [-0.1, -0.05) is 60.7 Å². The first kappa shape index (κ1) is 35.1. The number of anilines is 1. The summed E-state index contributed by atoms with van der Waals surface area (Å²) in [6, 6.07) is 29.2. The zero-order valence-electron chi connectivity index (χ0n) is 30.2. The van der Waals surface area contributed by atoms with Gasteiger partial charge in [-0.2, -0.15) is 4.98 Å². The number of aromatic nitrogens is 2. The molecule has 2 fully saturated rings. The lowest BCUT2D eigenvalue weighted by Crippen LogP contribution is -2.49. The number of likely N-dealkylation sites (tertiary alicyclic amines) is 1. The molecule has 2 aromatic heterocycles. The molecule has 2 saturated heterocycles. The van der Waals surface area contributed by atoms with Crippen LogP contribution >= 0.6 is 0 Å². The summed E-state index contributed by atoms with van der Waals surface area (Å²) in [6.45, 7) is 12.5. The van der Waals surface area contributed by atoms with E-state index in [1.807, 2.05) is 105 Å². The van der Waals surface area contributed by atoms with Crippen molar-refractivity contribution in [3.05, 3.63) is 113 Å². The van der Waals surface area contributed by atoms with Crippen molar-refractivity contribution >= 4 is 22.9 Å². The number of hydrogen-bond acceptors (Lipinski definition) is 9. The molecule has 2 aliphatic rings. The Morgan fingerprint density at radius 3 is 2.12 bits per heavy atom. The van der Waals surface area contributed by atoms with Crippen molar-refractivity contribution in [2.24, 2.45) is 5.92 Å². The highest BCUT2D eigenvalue weighted by Gasteiger charge is 2.29. The molecule has 52 heavy (non-hydrogen) atoms. The maximum Gasteiger partial charge on any atom is 0.424 e. The zero-order valence-corrected chi connectivity index (χ0v) is 30.2. The lowest BCUT2D eigenvalue weighted by molar-refractivity contribution is 0.0169. The first-order valence-corrected chi connectivity index (χ1v) is 18.1. The van der Waals surface area contributed by atoms with E-state index in [9.17, 15) is 9.59 Å². The van der Waals surface area contributed by atoms with Crippen molar-refractivity contribution in [1.82, 2.24) is 19.4 Å². The van der Waals surface area contributed by atoms with Crippen LogP contribution in [0.25, 0.3) is 16.8 Å². The third kappa shape index (κ3) is 8.59. The summed E-state index contributed by atoms with van der Waals surface area (Å²) in [5.74, 6) is 0.717. The maximum absolute atomic E-state index is 13.4. The van der Waals surface area contributed by atoms with Crippen molar-refractivity contribution in [3.63, 3.8) is 0 Å². The molecule has 0 radical (unpaired) electrons. The Labute approximate surface area is 304 Å². The van der Waals surface area contributed by atoms with E-state index in [1.165, 1.54) is 4.57 Å². The summed E-state index contributed by atoms with van der Waals surface area (Å²) in [4.78, 5) is 37.3. The molecule has 272 valence electrons. The molecule has 11 heteroatoms. The molecular formula is C41H47N5O6. The van der Waals surface area contributed by atoms with Crippen LogP contribution in [0.3, 0.4) is 0 Å². The summed E-state index contributed by atoms with van der Waals surface area (Å²) in [7, 11) is 0. The van der Waals surface area contributed by atoms with Gasteiger partial charge in [0.25, 0.3) is 0 Å². The fraction of sp³-hybridized carbons (Fsp3) is 0.390. The van der Waals surface area contributed by atoms with Crippen molar-refractivity contribution < 1.29 is 23.4 Å². The fourth-order valence-corrected chi connectivity index (χ4v) is 6.84. The first-order chi connectivity index (χ1) is 25.2. The standard InChI is InChI=1S/C41H47N5O6/c1-41(2,3)52-39(47)45-20-18-30(19-21-45)27-43-22-24-44(25-23-43)33-14-15-34-36(26-33)51-40(48)46(34)35-16-17-37(49-28-31-10-6-4-7-11-31)42-38(35)50-29-32-12-8-5-9-13-32/h4-17,26,30H,18-25,27-29H2,1-3H3. The van der Waals surface area contributed by atoms with Gasteiger partial charge in [-0.05, 0) is 68.9 Å². The minimum Gasteiger partial charge on any atom is -0.473 e. The minimum atomic E-state index is -0.515. The number of ether oxygens (including phenoxy) is 3. The van der Waals surface area contributed by atoms with Crippen molar-refractivity contribution in [2.45, 2.75) is 52.4 Å². The number of carbonyl (C=O) groups excluding carboxylic acids is 1. The third-order valence-electron chi connectivity index (χ3n) is 9.59. The molecule has 5 aromatic rings. The second-order valence-corrected chi connectivity index (χ2v) is 14.6. The van der Waals surface area contributed by atoms with Crippen LogP contribution in [0.5, 0.6) is 11.8 Å². The lowest BCUT2D eigenvalue weighted by Gasteiger charge is -2.39. The quantitative estimate of drug-likeness (QED) is 0.154. The average molecular weight is 706 g/mol. The van der Waals surface area contributed by atoms with Gasteiger partial charge in [-0.15, -0.1) is 0 Å². The third-order valence-corrected chi connectivity index (χ3v) is 9.59. The summed E-state index contributed by atoms with van der Waals surface area (Å²) in [5.41, 5.74) is 4.15. The molecule has 4 heterocycles. The van der Waals surface area contributed by atoms with Gasteiger partial charge in [-0.25, -0.2) is 14.2 Å². The number of carbonyl (C=O) groups is 1. The molecule has 7 rings (SSSR count). The number of nitrogens with zero attached hydrogens (tertiary/aromatic N) is 5. The SMILES string of the molecule is CC(C)(C)OC(=O)N1CCC(CN2CCN(c3ccc4c(c3)oc(=O)n4-c3ccc(OCc4ccccc4)nc3OCc3ccccc3)CC2)CC1. The number of benzene rings is 3. The fourth-order valence-electron chi connectivity index (χ4n) is 6.84. The van der Waals surface area contributed by atoms with Crippen LogP contribution in [-0.2, 0) is 18.0 Å². The van der Waals surface area contributed by atoms with E-state index in [1.54, 1.807) is 12.1 Å². The van der Waals surface area contributed by atoms with Gasteiger partial charge in [0.05, 0.1) is 5.52 Å². The van der Waals surface area contributed by atoms with E-state index in [0.717, 1.165) is 75.5 Å². The number of rotatable bonds is 10. The number of piperidine rings is 1. The summed E-state index contributed by atoms with van der Waals surface area (Å²) < 4.78 is 25.1. The number of fused-ring (bicyclic) bond motifs is 1. The van der Waals surface area contributed by atoms with Gasteiger partial charge < -0.3 is 28.4 Å². The molecule has 11 nitrogen and oxygen atoms in total. The van der Waals surface area contributed by atoms with Gasteiger partial charge >= 0.3 is 11.8 Å². The van der Waals surface area contributed by atoms with E-state index in [4.69, 9.17) is 18.6 Å². The lowest BCUT2D eigenvalue weighted by atomic mass is 9.96. The molecule has 0 N–H and O–H groups in total. The Hall–Kier alpha value is -5.29. The van der Waals surface area contributed by atoms with Crippen molar-refractivity contribution in [1.29, 1.82) is 0 Å². The Bertz CT molecular complexity index is 2010. The van der Waals surface area contributed by atoms with Crippen molar-refractivity contribution in [3.8, 4) is 17.4 Å². The summed E-state index contributed by atoms with van der Waals surface area (Å²) in [5, 5.41) is 0. The van der Waals surface area contributed by atoms with Crippen molar-refractivity contribution in [2.75, 3.05) is 50.7 Å². The van der Waals surface area contributed by atoms with Crippen LogP contribution in [0.2, 0.25) is 0 Å². The second-order valence-electron chi connectivity index (χ2n) is 14.6. The van der Waals surface area contributed by atoms with Crippen LogP contribution in [0, 0.1) is 5.92 Å². The number of amides is 1. The second kappa shape index (κ2) is 15.5. The molecule has 0 unspecified atom stereocenters. The van der Waals surface area contributed by atoms with Crippen LogP contribution in [0.15, 0.2) is 100 Å². The highest BCUT2D eigenvalue weighted by Crippen LogP contribution is 2.30. The van der Waals surface area contributed by atoms with Gasteiger partial charge in [0, 0.05) is 63.6 Å². The Morgan fingerprint density at radius 1 is 0.808 bits per heavy atom. The highest BCUT2D eigenvalue weighted by atomic mass is 16.6. The minimum absolute atomic E-state index is 0.210. The molecule has 0 aliphatic carbocycles. The maximum atomic E-state index is 13.4. The zero-order chi connectivity index (χ0) is 36.1. The Kier molecular flexibility index (Phi) is 10.5. The Balaban J connectivity index is 1.02. The van der Waals surface area contributed by atoms with Crippen LogP contribution in [0.4, 0.5) is 10.5 Å². The molecule has 3 aromatic carbocycles. The van der Waals surface area contributed by atoms with E-state index in [-0.39, 0.29) is 18.6 Å². The number of hydrogen-bond donors (Lipinski definition) is 0. The molecule has 0 saturated carbocycles. The van der Waals surface area contributed by atoms with E-state index in [0.29, 0.717) is 35.2 Å². The highest BCUT2D eigenvalue weighted by molar-refractivity contribution is 5.80. The Morgan fingerprint density at radius 2 is 1.46 bits per heavy atom. The number of pyridine rings is 1. The van der Waals surface area contributed by atoms with Gasteiger partial charge in [0.2, 0.25) is 11.8 Å². The normalized spacial score (nSPS) is 15.9. The summed E-state index contributed by atoms with van der Waals surface area (Å²) >= 11 is 0. The smallest absolute Gasteiger partial charge is 0.424 e. The van der Waals surface area contributed by atoms with E-state index >= 15 is 0 Å². The van der Waals surface area contributed by atoms with Gasteiger partial charge in [-0.3, -0.25) is 4.90 Å². The predicted molar refractivity (Wildman–Crippen MR) is 200 cm³/mol. The molecule has 0 bridgehead atoms. The van der Waals surface area contributed by atoms with E-state index < -0.39 is 11.4 Å². The number of oxazole rings is 1. The summed E-state index contributed by atoms with van der Waals surface area (Å²) in [6.07, 6.45) is 1.77. The molecule has 0 atom stereocenters. The monoisotopic (exact) mass is 705 g/mol. The first-order valence-electron chi connectivity index (χ1n) is 18.1.